The lowest BCUT2D eigenvalue weighted by molar-refractivity contribution is 0.587. The maximum Gasteiger partial charge on any atom is 0.0680 e. The molecule has 19 heavy (non-hydrogen) atoms. The van der Waals surface area contributed by atoms with Gasteiger partial charge in [-0.05, 0) is 25.0 Å². The number of aromatic nitrogens is 2. The van der Waals surface area contributed by atoms with E-state index in [1.807, 2.05) is 6.20 Å². The number of nitrogens with one attached hydrogen (secondary N) is 1. The predicted octanol–water partition coefficient (Wildman–Crippen LogP) is 3.24. The molecule has 0 spiro atoms. The number of hydrogen-bond acceptors (Lipinski definition) is 2. The van der Waals surface area contributed by atoms with Crippen LogP contribution in [0.2, 0.25) is 0 Å². The van der Waals surface area contributed by atoms with Gasteiger partial charge < -0.3 is 5.32 Å². The van der Waals surface area contributed by atoms with Crippen molar-refractivity contribution < 1.29 is 0 Å². The summed E-state index contributed by atoms with van der Waals surface area (Å²) in [7, 11) is 0. The number of benzene rings is 1. The van der Waals surface area contributed by atoms with Crippen molar-refractivity contribution in [2.45, 2.75) is 46.7 Å². The minimum atomic E-state index is 0.491. The van der Waals surface area contributed by atoms with Crippen LogP contribution < -0.4 is 5.32 Å². The van der Waals surface area contributed by atoms with Crippen LogP contribution in [-0.4, -0.2) is 15.8 Å². The predicted molar refractivity (Wildman–Crippen MR) is 79.7 cm³/mol. The second kappa shape index (κ2) is 6.02. The van der Waals surface area contributed by atoms with E-state index in [4.69, 9.17) is 0 Å². The zero-order chi connectivity index (χ0) is 13.8. The van der Waals surface area contributed by atoms with E-state index in [0.717, 1.165) is 13.0 Å². The summed E-state index contributed by atoms with van der Waals surface area (Å²) >= 11 is 0. The third kappa shape index (κ3) is 3.04. The van der Waals surface area contributed by atoms with Crippen LogP contribution in [-0.2, 0) is 13.0 Å². The van der Waals surface area contributed by atoms with Crippen molar-refractivity contribution in [3.63, 3.8) is 0 Å². The van der Waals surface area contributed by atoms with Gasteiger partial charge in [0.05, 0.1) is 11.9 Å². The molecule has 0 atom stereocenters. The van der Waals surface area contributed by atoms with Crippen LogP contribution in [0.1, 0.15) is 37.6 Å². The average molecular weight is 257 g/mol. The molecule has 0 bridgehead atoms. The standard InChI is InChI=1S/C16H23N3/c1-5-14-8-6-7-9-16(14)19-13(4)15(11-18-19)10-17-12(2)3/h6-9,11-12,17H,5,10H2,1-4H3. The van der Waals surface area contributed by atoms with Gasteiger partial charge in [-0.1, -0.05) is 39.0 Å². The zero-order valence-electron chi connectivity index (χ0n) is 12.3. The molecular weight excluding hydrogens is 234 g/mol. The van der Waals surface area contributed by atoms with Crippen molar-refractivity contribution in [3.8, 4) is 5.69 Å². The Hall–Kier alpha value is -1.61. The molecular formula is C16H23N3. The van der Waals surface area contributed by atoms with Crippen LogP contribution in [0.3, 0.4) is 0 Å². The Bertz CT molecular complexity index is 541. The van der Waals surface area contributed by atoms with E-state index in [0.29, 0.717) is 6.04 Å². The molecule has 102 valence electrons. The van der Waals surface area contributed by atoms with Gasteiger partial charge in [-0.15, -0.1) is 0 Å². The van der Waals surface area contributed by atoms with Gasteiger partial charge in [0.2, 0.25) is 0 Å². The highest BCUT2D eigenvalue weighted by molar-refractivity contribution is 5.42. The van der Waals surface area contributed by atoms with Gasteiger partial charge in [-0.2, -0.15) is 5.10 Å². The summed E-state index contributed by atoms with van der Waals surface area (Å²) in [6.45, 7) is 9.51. The lowest BCUT2D eigenvalue weighted by Gasteiger charge is -2.11. The van der Waals surface area contributed by atoms with E-state index < -0.39 is 0 Å². The number of hydrogen-bond donors (Lipinski definition) is 1. The molecule has 1 N–H and O–H groups in total. The molecule has 1 aromatic carbocycles. The van der Waals surface area contributed by atoms with Gasteiger partial charge in [0.25, 0.3) is 0 Å². The highest BCUT2D eigenvalue weighted by atomic mass is 15.3. The van der Waals surface area contributed by atoms with Crippen LogP contribution in [0, 0.1) is 6.92 Å². The smallest absolute Gasteiger partial charge is 0.0680 e. The Morgan fingerprint density at radius 1 is 1.21 bits per heavy atom. The van der Waals surface area contributed by atoms with Gasteiger partial charge >= 0.3 is 0 Å². The average Bonchev–Trinajstić information content (AvgIpc) is 2.77. The number of para-hydroxylation sites is 1. The van der Waals surface area contributed by atoms with Gasteiger partial charge in [-0.25, -0.2) is 4.68 Å². The lowest BCUT2D eigenvalue weighted by Crippen LogP contribution is -2.22. The summed E-state index contributed by atoms with van der Waals surface area (Å²) in [5.74, 6) is 0. The van der Waals surface area contributed by atoms with E-state index in [9.17, 15) is 0 Å². The summed E-state index contributed by atoms with van der Waals surface area (Å²) < 4.78 is 2.05. The van der Waals surface area contributed by atoms with Gasteiger partial charge in [-0.3, -0.25) is 0 Å². The first-order valence-corrected chi connectivity index (χ1v) is 6.98. The molecule has 0 aliphatic rings. The molecule has 0 saturated heterocycles. The third-order valence-corrected chi connectivity index (χ3v) is 3.41. The Morgan fingerprint density at radius 3 is 2.63 bits per heavy atom. The first-order chi connectivity index (χ1) is 9.13. The highest BCUT2D eigenvalue weighted by Crippen LogP contribution is 2.18. The van der Waals surface area contributed by atoms with Crippen molar-refractivity contribution >= 4 is 0 Å². The summed E-state index contributed by atoms with van der Waals surface area (Å²) in [6, 6.07) is 8.95. The molecule has 0 saturated carbocycles. The van der Waals surface area contributed by atoms with Gasteiger partial charge in [0.15, 0.2) is 0 Å². The van der Waals surface area contributed by atoms with Crippen molar-refractivity contribution in [1.82, 2.24) is 15.1 Å². The monoisotopic (exact) mass is 257 g/mol. The van der Waals surface area contributed by atoms with Crippen LogP contribution >= 0.6 is 0 Å². The van der Waals surface area contributed by atoms with Crippen LogP contribution in [0.5, 0.6) is 0 Å². The van der Waals surface area contributed by atoms with Crippen LogP contribution in [0.25, 0.3) is 5.69 Å². The molecule has 0 aliphatic carbocycles. The largest absolute Gasteiger partial charge is 0.310 e. The molecule has 1 aromatic heterocycles. The number of aryl methyl sites for hydroxylation is 1. The van der Waals surface area contributed by atoms with Gasteiger partial charge in [0.1, 0.15) is 0 Å². The fourth-order valence-electron chi connectivity index (χ4n) is 2.19. The van der Waals surface area contributed by atoms with E-state index in [1.165, 1.54) is 22.5 Å². The quantitative estimate of drug-likeness (QED) is 0.891. The molecule has 1 heterocycles. The fraction of sp³-hybridized carbons (Fsp3) is 0.438. The lowest BCUT2D eigenvalue weighted by atomic mass is 10.1. The molecule has 2 rings (SSSR count). The van der Waals surface area contributed by atoms with Crippen molar-refractivity contribution in [1.29, 1.82) is 0 Å². The summed E-state index contributed by atoms with van der Waals surface area (Å²) in [4.78, 5) is 0. The third-order valence-electron chi connectivity index (χ3n) is 3.41. The van der Waals surface area contributed by atoms with E-state index >= 15 is 0 Å². The van der Waals surface area contributed by atoms with Crippen LogP contribution in [0.15, 0.2) is 30.5 Å². The topological polar surface area (TPSA) is 29.9 Å². The second-order valence-electron chi connectivity index (χ2n) is 5.18. The first-order valence-electron chi connectivity index (χ1n) is 6.98. The number of rotatable bonds is 5. The minimum Gasteiger partial charge on any atom is -0.310 e. The summed E-state index contributed by atoms with van der Waals surface area (Å²) in [5.41, 5.74) is 5.00. The molecule has 0 radical (unpaired) electrons. The van der Waals surface area contributed by atoms with E-state index in [1.54, 1.807) is 0 Å². The zero-order valence-corrected chi connectivity index (χ0v) is 12.3. The van der Waals surface area contributed by atoms with Crippen molar-refractivity contribution in [3.05, 3.63) is 47.3 Å². The Kier molecular flexibility index (Phi) is 4.38. The summed E-state index contributed by atoms with van der Waals surface area (Å²) in [6.07, 6.45) is 2.99. The van der Waals surface area contributed by atoms with E-state index in [-0.39, 0.29) is 0 Å². The molecule has 0 unspecified atom stereocenters. The normalized spacial score (nSPS) is 11.2. The molecule has 3 nitrogen and oxygen atoms in total. The Labute approximate surface area is 115 Å². The first kappa shape index (κ1) is 13.8. The fourth-order valence-corrected chi connectivity index (χ4v) is 2.19. The molecule has 0 aliphatic heterocycles. The summed E-state index contributed by atoms with van der Waals surface area (Å²) in [5, 5.41) is 7.99. The van der Waals surface area contributed by atoms with Crippen molar-refractivity contribution in [2.75, 3.05) is 0 Å². The molecule has 3 heteroatoms. The maximum absolute atomic E-state index is 4.55. The molecule has 2 aromatic rings. The highest BCUT2D eigenvalue weighted by Gasteiger charge is 2.10. The SMILES string of the molecule is CCc1ccccc1-n1ncc(CNC(C)C)c1C. The second-order valence-corrected chi connectivity index (χ2v) is 5.18. The van der Waals surface area contributed by atoms with Crippen LogP contribution in [0.4, 0.5) is 0 Å². The molecule has 0 fully saturated rings. The van der Waals surface area contributed by atoms with Gasteiger partial charge in [0, 0.05) is 23.8 Å². The number of nitrogens with zero attached hydrogens (tertiary/aromatic N) is 2. The van der Waals surface area contributed by atoms with E-state index in [2.05, 4.69) is 67.1 Å². The molecule has 0 amide bonds. The Balaban J connectivity index is 2.31. The minimum absolute atomic E-state index is 0.491. The Morgan fingerprint density at radius 2 is 1.95 bits per heavy atom. The van der Waals surface area contributed by atoms with Crippen molar-refractivity contribution in [2.24, 2.45) is 0 Å². The maximum atomic E-state index is 4.55.